The zero-order chi connectivity index (χ0) is 12.1. The largest absolute Gasteiger partial charge is 0.478 e. The number of benzene rings is 1. The van der Waals surface area contributed by atoms with E-state index in [4.69, 9.17) is 21.8 Å². The lowest BCUT2D eigenvalue weighted by molar-refractivity contribution is 0.0697. The molecular weight excluding hydrogens is 230 g/mol. The van der Waals surface area contributed by atoms with Gasteiger partial charge in [0, 0.05) is 18.3 Å². The zero-order valence-electron chi connectivity index (χ0n) is 8.90. The van der Waals surface area contributed by atoms with Crippen LogP contribution in [-0.2, 0) is 0 Å². The molecule has 16 heavy (non-hydrogen) atoms. The van der Waals surface area contributed by atoms with Crippen LogP contribution in [0.5, 0.6) is 0 Å². The topological polar surface area (TPSA) is 69.6 Å². The Balaban J connectivity index is 2.77. The lowest BCUT2D eigenvalue weighted by atomic mass is 10.2. The SMILES string of the molecule is CC(CCO)Nc1ccc(C(=O)O)c(Cl)c1. The number of anilines is 1. The van der Waals surface area contributed by atoms with Gasteiger partial charge in [0.2, 0.25) is 0 Å². The molecule has 1 aromatic rings. The van der Waals surface area contributed by atoms with Gasteiger partial charge in [-0.2, -0.15) is 0 Å². The van der Waals surface area contributed by atoms with Gasteiger partial charge in [-0.15, -0.1) is 0 Å². The van der Waals surface area contributed by atoms with Crippen molar-refractivity contribution < 1.29 is 15.0 Å². The number of aliphatic hydroxyl groups excluding tert-OH is 1. The van der Waals surface area contributed by atoms with Crippen LogP contribution in [0.3, 0.4) is 0 Å². The van der Waals surface area contributed by atoms with Crippen molar-refractivity contribution in [1.29, 1.82) is 0 Å². The van der Waals surface area contributed by atoms with Crippen LogP contribution >= 0.6 is 11.6 Å². The Bertz CT molecular complexity index is 381. The van der Waals surface area contributed by atoms with Crippen LogP contribution in [0.25, 0.3) is 0 Å². The van der Waals surface area contributed by atoms with Crippen molar-refractivity contribution in [2.45, 2.75) is 19.4 Å². The summed E-state index contributed by atoms with van der Waals surface area (Å²) in [5.74, 6) is -1.04. The lowest BCUT2D eigenvalue weighted by Gasteiger charge is -2.14. The van der Waals surface area contributed by atoms with Gasteiger partial charge in [0.25, 0.3) is 0 Å². The number of aliphatic hydroxyl groups is 1. The first-order valence-electron chi connectivity index (χ1n) is 4.95. The predicted octanol–water partition coefficient (Wildman–Crippen LogP) is 2.22. The van der Waals surface area contributed by atoms with E-state index in [1.165, 1.54) is 6.07 Å². The number of hydrogen-bond donors (Lipinski definition) is 3. The van der Waals surface area contributed by atoms with Gasteiger partial charge in [0.15, 0.2) is 0 Å². The number of carbonyl (C=O) groups is 1. The fraction of sp³-hybridized carbons (Fsp3) is 0.364. The molecule has 0 radical (unpaired) electrons. The van der Waals surface area contributed by atoms with Crippen LogP contribution < -0.4 is 5.32 Å². The lowest BCUT2D eigenvalue weighted by Crippen LogP contribution is -2.16. The van der Waals surface area contributed by atoms with E-state index in [1.54, 1.807) is 12.1 Å². The van der Waals surface area contributed by atoms with Gasteiger partial charge in [-0.1, -0.05) is 11.6 Å². The molecule has 5 heteroatoms. The van der Waals surface area contributed by atoms with Crippen molar-refractivity contribution in [1.82, 2.24) is 0 Å². The van der Waals surface area contributed by atoms with Crippen LogP contribution in [0.15, 0.2) is 18.2 Å². The summed E-state index contributed by atoms with van der Waals surface area (Å²) < 4.78 is 0. The van der Waals surface area contributed by atoms with Crippen LogP contribution in [0.2, 0.25) is 5.02 Å². The van der Waals surface area contributed by atoms with Crippen LogP contribution in [0.1, 0.15) is 23.7 Å². The van der Waals surface area contributed by atoms with E-state index in [0.717, 1.165) is 5.69 Å². The predicted molar refractivity (Wildman–Crippen MR) is 63.2 cm³/mol. The number of aromatic carboxylic acids is 1. The molecule has 1 atom stereocenters. The Morgan fingerprint density at radius 1 is 1.56 bits per heavy atom. The smallest absolute Gasteiger partial charge is 0.337 e. The van der Waals surface area contributed by atoms with Gasteiger partial charge >= 0.3 is 5.97 Å². The fourth-order valence-electron chi connectivity index (χ4n) is 1.33. The molecule has 0 aliphatic carbocycles. The standard InChI is InChI=1S/C11H14ClNO3/c1-7(4-5-14)13-8-2-3-9(11(15)16)10(12)6-8/h2-3,6-7,13-14H,4-5H2,1H3,(H,15,16). The van der Waals surface area contributed by atoms with Crippen molar-refractivity contribution in [2.24, 2.45) is 0 Å². The van der Waals surface area contributed by atoms with E-state index in [2.05, 4.69) is 5.32 Å². The van der Waals surface area contributed by atoms with E-state index < -0.39 is 5.97 Å². The summed E-state index contributed by atoms with van der Waals surface area (Å²) in [4.78, 5) is 10.7. The van der Waals surface area contributed by atoms with Crippen molar-refractivity contribution >= 4 is 23.3 Å². The average molecular weight is 244 g/mol. The average Bonchev–Trinajstić information content (AvgIpc) is 2.17. The second-order valence-electron chi connectivity index (χ2n) is 3.56. The molecule has 4 nitrogen and oxygen atoms in total. The molecule has 0 saturated heterocycles. The van der Waals surface area contributed by atoms with Gasteiger partial charge in [-0.25, -0.2) is 4.79 Å². The molecule has 1 rings (SSSR count). The molecule has 0 fully saturated rings. The molecular formula is C11H14ClNO3. The monoisotopic (exact) mass is 243 g/mol. The maximum absolute atomic E-state index is 10.7. The second-order valence-corrected chi connectivity index (χ2v) is 3.96. The number of nitrogens with one attached hydrogen (secondary N) is 1. The van der Waals surface area contributed by atoms with Crippen LogP contribution in [-0.4, -0.2) is 28.8 Å². The van der Waals surface area contributed by atoms with Crippen LogP contribution in [0, 0.1) is 0 Å². The maximum Gasteiger partial charge on any atom is 0.337 e. The third kappa shape index (κ3) is 3.40. The van der Waals surface area contributed by atoms with Gasteiger partial charge in [0.1, 0.15) is 0 Å². The molecule has 1 aromatic carbocycles. The summed E-state index contributed by atoms with van der Waals surface area (Å²) in [6.45, 7) is 2.03. The number of hydrogen-bond acceptors (Lipinski definition) is 3. The van der Waals surface area contributed by atoms with Gasteiger partial charge < -0.3 is 15.5 Å². The summed E-state index contributed by atoms with van der Waals surface area (Å²) in [5, 5.41) is 20.8. The molecule has 0 spiro atoms. The normalized spacial score (nSPS) is 12.2. The summed E-state index contributed by atoms with van der Waals surface area (Å²) in [6, 6.07) is 4.79. The quantitative estimate of drug-likeness (QED) is 0.742. The molecule has 0 aliphatic rings. The highest BCUT2D eigenvalue weighted by atomic mass is 35.5. The third-order valence-corrected chi connectivity index (χ3v) is 2.49. The van der Waals surface area contributed by atoms with E-state index in [1.807, 2.05) is 6.92 Å². The van der Waals surface area contributed by atoms with Crippen molar-refractivity contribution in [2.75, 3.05) is 11.9 Å². The molecule has 0 saturated carbocycles. The van der Waals surface area contributed by atoms with E-state index >= 15 is 0 Å². The van der Waals surface area contributed by atoms with E-state index in [0.29, 0.717) is 6.42 Å². The summed E-state index contributed by atoms with van der Waals surface area (Å²) in [7, 11) is 0. The fourth-order valence-corrected chi connectivity index (χ4v) is 1.59. The summed E-state index contributed by atoms with van der Waals surface area (Å²) in [6.07, 6.45) is 0.623. The van der Waals surface area contributed by atoms with Gasteiger partial charge in [0.05, 0.1) is 10.6 Å². The van der Waals surface area contributed by atoms with Gasteiger partial charge in [-0.3, -0.25) is 0 Å². The Morgan fingerprint density at radius 2 is 2.25 bits per heavy atom. The first-order valence-corrected chi connectivity index (χ1v) is 5.32. The molecule has 0 aliphatic heterocycles. The number of carboxylic acids is 1. The van der Waals surface area contributed by atoms with Crippen molar-refractivity contribution in [3.05, 3.63) is 28.8 Å². The van der Waals surface area contributed by atoms with Crippen molar-refractivity contribution in [3.8, 4) is 0 Å². The Kier molecular flexibility index (Phi) is 4.58. The Labute approximate surface area is 98.9 Å². The molecule has 3 N–H and O–H groups in total. The number of halogens is 1. The maximum atomic E-state index is 10.7. The Morgan fingerprint density at radius 3 is 2.75 bits per heavy atom. The highest BCUT2D eigenvalue weighted by Crippen LogP contribution is 2.21. The minimum Gasteiger partial charge on any atom is -0.478 e. The third-order valence-electron chi connectivity index (χ3n) is 2.17. The van der Waals surface area contributed by atoms with E-state index in [-0.39, 0.29) is 23.2 Å². The summed E-state index contributed by atoms with van der Waals surface area (Å²) in [5.41, 5.74) is 0.831. The van der Waals surface area contributed by atoms with Crippen LogP contribution in [0.4, 0.5) is 5.69 Å². The minimum atomic E-state index is -1.04. The number of carboxylic acid groups (broad SMARTS) is 1. The highest BCUT2D eigenvalue weighted by Gasteiger charge is 2.09. The highest BCUT2D eigenvalue weighted by molar-refractivity contribution is 6.33. The molecule has 88 valence electrons. The van der Waals surface area contributed by atoms with Crippen molar-refractivity contribution in [3.63, 3.8) is 0 Å². The Hall–Kier alpha value is -1.26. The van der Waals surface area contributed by atoms with Gasteiger partial charge in [-0.05, 0) is 31.5 Å². The molecule has 0 amide bonds. The first-order chi connectivity index (χ1) is 7.54. The minimum absolute atomic E-state index is 0.0852. The first kappa shape index (κ1) is 12.8. The molecule has 0 bridgehead atoms. The molecule has 0 heterocycles. The molecule has 0 aromatic heterocycles. The van der Waals surface area contributed by atoms with E-state index in [9.17, 15) is 4.79 Å². The second kappa shape index (κ2) is 5.72. The zero-order valence-corrected chi connectivity index (χ0v) is 9.66. The molecule has 1 unspecified atom stereocenters. The summed E-state index contributed by atoms with van der Waals surface area (Å²) >= 11 is 5.81. The number of rotatable bonds is 5.